The number of ether oxygens (including phenoxy) is 1. The molecule has 0 radical (unpaired) electrons. The number of rotatable bonds is 4. The average molecular weight is 363 g/mol. The molecule has 138 valence electrons. The van der Waals surface area contributed by atoms with Crippen LogP contribution in [0.25, 0.3) is 11.3 Å². The van der Waals surface area contributed by atoms with Crippen molar-refractivity contribution in [3.8, 4) is 17.0 Å². The lowest BCUT2D eigenvalue weighted by molar-refractivity contribution is 0.0981. The van der Waals surface area contributed by atoms with E-state index in [4.69, 9.17) is 9.72 Å². The lowest BCUT2D eigenvalue weighted by Gasteiger charge is -2.30. The minimum absolute atomic E-state index is 0.0610. The second-order valence-corrected chi connectivity index (χ2v) is 7.05. The van der Waals surface area contributed by atoms with E-state index in [0.717, 1.165) is 28.2 Å². The maximum atomic E-state index is 13.1. The third-order valence-corrected chi connectivity index (χ3v) is 4.83. The highest BCUT2D eigenvalue weighted by Crippen LogP contribution is 2.42. The van der Waals surface area contributed by atoms with Crippen LogP contribution in [0.1, 0.15) is 42.4 Å². The smallest absolute Gasteiger partial charge is 0.261 e. The fourth-order valence-electron chi connectivity index (χ4n) is 3.62. The minimum atomic E-state index is -0.595. The molecule has 0 bridgehead atoms. The molecular weight excluding hydrogens is 342 g/mol. The van der Waals surface area contributed by atoms with Gasteiger partial charge in [0.2, 0.25) is 0 Å². The van der Waals surface area contributed by atoms with Crippen molar-refractivity contribution >= 4 is 11.6 Å². The van der Waals surface area contributed by atoms with Crippen molar-refractivity contribution in [3.05, 3.63) is 53.7 Å². The number of fused-ring (bicyclic) bond motifs is 1. The molecular formula is C20H21N5O2. The van der Waals surface area contributed by atoms with E-state index in [-0.39, 0.29) is 5.91 Å². The summed E-state index contributed by atoms with van der Waals surface area (Å²) in [6.45, 7) is 8.44. The SMILES string of the molecule is CCOc1cncc(-c2cc(C)c3c(n2)C(C)(C)N(c2cn[nH]c2)C3=O)c1. The Bertz CT molecular complexity index is 1010. The van der Waals surface area contributed by atoms with E-state index in [0.29, 0.717) is 17.9 Å². The van der Waals surface area contributed by atoms with Crippen LogP contribution in [0.15, 0.2) is 36.9 Å². The number of hydrogen-bond donors (Lipinski definition) is 1. The molecule has 27 heavy (non-hydrogen) atoms. The first-order valence-corrected chi connectivity index (χ1v) is 8.87. The molecule has 0 unspecified atom stereocenters. The van der Waals surface area contributed by atoms with E-state index in [2.05, 4.69) is 15.2 Å². The molecule has 1 N–H and O–H groups in total. The number of carbonyl (C=O) groups is 1. The maximum Gasteiger partial charge on any atom is 0.261 e. The predicted octanol–water partition coefficient (Wildman–Crippen LogP) is 3.47. The third-order valence-electron chi connectivity index (χ3n) is 4.83. The van der Waals surface area contributed by atoms with Crippen molar-refractivity contribution in [2.24, 2.45) is 0 Å². The monoisotopic (exact) mass is 363 g/mol. The van der Waals surface area contributed by atoms with Crippen LogP contribution in [0.4, 0.5) is 5.69 Å². The molecule has 3 aromatic rings. The van der Waals surface area contributed by atoms with Crippen LogP contribution in [0, 0.1) is 6.92 Å². The summed E-state index contributed by atoms with van der Waals surface area (Å²) in [4.78, 5) is 24.0. The fourth-order valence-corrected chi connectivity index (χ4v) is 3.62. The van der Waals surface area contributed by atoms with E-state index in [9.17, 15) is 4.79 Å². The van der Waals surface area contributed by atoms with Gasteiger partial charge in [-0.25, -0.2) is 4.98 Å². The Morgan fingerprint density at radius 3 is 2.74 bits per heavy atom. The molecule has 1 amide bonds. The number of aromatic nitrogens is 4. The van der Waals surface area contributed by atoms with Gasteiger partial charge in [0, 0.05) is 18.0 Å². The zero-order valence-electron chi connectivity index (χ0n) is 15.8. The number of anilines is 1. The van der Waals surface area contributed by atoms with Crippen molar-refractivity contribution in [2.45, 2.75) is 33.2 Å². The van der Waals surface area contributed by atoms with Gasteiger partial charge >= 0.3 is 0 Å². The van der Waals surface area contributed by atoms with Gasteiger partial charge in [0.15, 0.2) is 0 Å². The van der Waals surface area contributed by atoms with E-state index in [1.54, 1.807) is 29.7 Å². The van der Waals surface area contributed by atoms with Crippen LogP contribution in [0.5, 0.6) is 5.75 Å². The summed E-state index contributed by atoms with van der Waals surface area (Å²) in [6.07, 6.45) is 6.81. The largest absolute Gasteiger partial charge is 0.492 e. The van der Waals surface area contributed by atoms with Crippen molar-refractivity contribution in [1.29, 1.82) is 0 Å². The number of aryl methyl sites for hydroxylation is 1. The van der Waals surface area contributed by atoms with Gasteiger partial charge in [-0.3, -0.25) is 19.8 Å². The average Bonchev–Trinajstić information content (AvgIpc) is 3.21. The Kier molecular flexibility index (Phi) is 3.95. The van der Waals surface area contributed by atoms with Gasteiger partial charge < -0.3 is 4.74 Å². The second-order valence-electron chi connectivity index (χ2n) is 7.05. The quantitative estimate of drug-likeness (QED) is 0.767. The summed E-state index contributed by atoms with van der Waals surface area (Å²) < 4.78 is 5.55. The molecule has 0 saturated carbocycles. The summed E-state index contributed by atoms with van der Waals surface area (Å²) >= 11 is 0. The van der Waals surface area contributed by atoms with Crippen LogP contribution >= 0.6 is 0 Å². The Labute approximate surface area is 157 Å². The first-order valence-electron chi connectivity index (χ1n) is 8.87. The van der Waals surface area contributed by atoms with E-state index in [1.807, 2.05) is 39.8 Å². The van der Waals surface area contributed by atoms with Crippen molar-refractivity contribution < 1.29 is 9.53 Å². The Morgan fingerprint density at radius 2 is 2.04 bits per heavy atom. The van der Waals surface area contributed by atoms with Gasteiger partial charge in [0.05, 0.1) is 47.2 Å². The molecule has 1 aliphatic rings. The zero-order valence-corrected chi connectivity index (χ0v) is 15.8. The molecule has 7 heteroatoms. The van der Waals surface area contributed by atoms with Crippen LogP contribution in [-0.4, -0.2) is 32.7 Å². The Hall–Kier alpha value is -3.22. The maximum absolute atomic E-state index is 13.1. The van der Waals surface area contributed by atoms with Crippen LogP contribution in [-0.2, 0) is 5.54 Å². The highest BCUT2D eigenvalue weighted by Gasteiger charge is 2.46. The van der Waals surface area contributed by atoms with E-state index >= 15 is 0 Å². The fraction of sp³-hybridized carbons (Fsp3) is 0.300. The molecule has 0 saturated heterocycles. The van der Waals surface area contributed by atoms with Crippen LogP contribution in [0.2, 0.25) is 0 Å². The van der Waals surface area contributed by atoms with Crippen LogP contribution in [0.3, 0.4) is 0 Å². The highest BCUT2D eigenvalue weighted by atomic mass is 16.5. The molecule has 4 heterocycles. The van der Waals surface area contributed by atoms with Gasteiger partial charge in [-0.1, -0.05) is 0 Å². The molecule has 0 aromatic carbocycles. The first kappa shape index (κ1) is 17.2. The standard InChI is InChI=1S/C20H21N5O2/c1-5-27-15-7-13(8-21-11-15)16-6-12(2)17-18(24-16)20(3,4)25(19(17)26)14-9-22-23-10-14/h6-11H,5H2,1-4H3,(H,22,23). The molecule has 7 nitrogen and oxygen atoms in total. The number of H-pyrrole nitrogens is 1. The van der Waals surface area contributed by atoms with E-state index < -0.39 is 5.54 Å². The van der Waals surface area contributed by atoms with Crippen molar-refractivity contribution in [3.63, 3.8) is 0 Å². The molecule has 1 aliphatic heterocycles. The van der Waals surface area contributed by atoms with E-state index in [1.165, 1.54) is 0 Å². The summed E-state index contributed by atoms with van der Waals surface area (Å²) in [7, 11) is 0. The van der Waals surface area contributed by atoms with Crippen LogP contribution < -0.4 is 9.64 Å². The Balaban J connectivity index is 1.84. The highest BCUT2D eigenvalue weighted by molar-refractivity contribution is 6.12. The molecule has 0 atom stereocenters. The summed E-state index contributed by atoms with van der Waals surface area (Å²) in [5, 5.41) is 6.76. The molecule has 0 aliphatic carbocycles. The predicted molar refractivity (Wildman–Crippen MR) is 102 cm³/mol. The van der Waals surface area contributed by atoms with Crippen molar-refractivity contribution in [1.82, 2.24) is 20.2 Å². The second kappa shape index (κ2) is 6.19. The zero-order chi connectivity index (χ0) is 19.2. The molecule has 4 rings (SSSR count). The number of aromatic amines is 1. The minimum Gasteiger partial charge on any atom is -0.492 e. The van der Waals surface area contributed by atoms with Gasteiger partial charge in [0.25, 0.3) is 5.91 Å². The number of pyridine rings is 2. The first-order chi connectivity index (χ1) is 12.9. The van der Waals surface area contributed by atoms with Gasteiger partial charge in [-0.15, -0.1) is 0 Å². The number of hydrogen-bond acceptors (Lipinski definition) is 5. The van der Waals surface area contributed by atoms with Gasteiger partial charge in [0.1, 0.15) is 5.75 Å². The van der Waals surface area contributed by atoms with Crippen molar-refractivity contribution in [2.75, 3.05) is 11.5 Å². The normalized spacial score (nSPS) is 15.1. The number of carbonyl (C=O) groups excluding carboxylic acids is 1. The third kappa shape index (κ3) is 2.66. The molecule has 0 fully saturated rings. The summed E-state index contributed by atoms with van der Waals surface area (Å²) in [5.74, 6) is 0.638. The lowest BCUT2D eigenvalue weighted by Crippen LogP contribution is -2.39. The summed E-state index contributed by atoms with van der Waals surface area (Å²) in [6, 6.07) is 3.85. The number of amides is 1. The lowest BCUT2D eigenvalue weighted by atomic mass is 9.96. The number of nitrogens with zero attached hydrogens (tertiary/aromatic N) is 4. The molecule has 3 aromatic heterocycles. The topological polar surface area (TPSA) is 84.0 Å². The number of nitrogens with one attached hydrogen (secondary N) is 1. The molecule has 0 spiro atoms. The van der Waals surface area contributed by atoms with Gasteiger partial charge in [-0.2, -0.15) is 5.10 Å². The summed E-state index contributed by atoms with van der Waals surface area (Å²) in [5.41, 5.74) is 4.06. The Morgan fingerprint density at radius 1 is 1.22 bits per heavy atom. The van der Waals surface area contributed by atoms with Gasteiger partial charge in [-0.05, 0) is 45.4 Å².